The van der Waals surface area contributed by atoms with Crippen molar-refractivity contribution < 1.29 is 9.47 Å². The quantitative estimate of drug-likeness (QED) is 0.703. The van der Waals surface area contributed by atoms with Crippen molar-refractivity contribution in [3.63, 3.8) is 0 Å². The molecule has 0 saturated heterocycles. The molecular weight excluding hydrogens is 258 g/mol. The summed E-state index contributed by atoms with van der Waals surface area (Å²) in [5, 5.41) is 3.48. The Morgan fingerprint density at radius 1 is 1.11 bits per heavy atom. The Kier molecular flexibility index (Phi) is 6.37. The average molecular weight is 281 g/mol. The molecule has 0 atom stereocenters. The second-order valence-corrected chi connectivity index (χ2v) is 5.76. The predicted molar refractivity (Wildman–Crippen MR) is 81.1 cm³/mol. The van der Waals surface area contributed by atoms with Crippen LogP contribution in [0.1, 0.15) is 31.2 Å². The molecule has 4 heteroatoms. The number of hydrogen-bond acceptors (Lipinski definition) is 4. The highest BCUT2D eigenvalue weighted by Gasteiger charge is 2.12. The van der Waals surface area contributed by atoms with Gasteiger partial charge in [-0.05, 0) is 49.1 Å². The predicted octanol–water partition coefficient (Wildman–Crippen LogP) is 3.43. The fourth-order valence-electron chi connectivity index (χ4n) is 2.13. The van der Waals surface area contributed by atoms with Gasteiger partial charge in [0, 0.05) is 6.54 Å². The molecule has 1 heterocycles. The van der Waals surface area contributed by atoms with Gasteiger partial charge in [-0.1, -0.05) is 18.9 Å². The van der Waals surface area contributed by atoms with Crippen LogP contribution in [0.5, 0.6) is 11.5 Å². The molecule has 0 radical (unpaired) electrons. The Bertz CT molecular complexity index is 384. The van der Waals surface area contributed by atoms with E-state index >= 15 is 0 Å². The van der Waals surface area contributed by atoms with E-state index in [0.29, 0.717) is 6.79 Å². The van der Waals surface area contributed by atoms with Crippen LogP contribution < -0.4 is 14.8 Å². The topological polar surface area (TPSA) is 30.5 Å². The Morgan fingerprint density at radius 3 is 2.84 bits per heavy atom. The van der Waals surface area contributed by atoms with Crippen LogP contribution in [0.4, 0.5) is 0 Å². The van der Waals surface area contributed by atoms with Crippen LogP contribution in [0.3, 0.4) is 0 Å². The van der Waals surface area contributed by atoms with Crippen LogP contribution in [0.25, 0.3) is 0 Å². The lowest BCUT2D eigenvalue weighted by molar-refractivity contribution is 0.174. The molecule has 0 aliphatic carbocycles. The summed E-state index contributed by atoms with van der Waals surface area (Å²) in [5.74, 6) is 3.03. The second-order valence-electron chi connectivity index (χ2n) is 4.77. The lowest BCUT2D eigenvalue weighted by Crippen LogP contribution is -2.14. The third-order valence-electron chi connectivity index (χ3n) is 3.22. The first kappa shape index (κ1) is 14.5. The molecule has 1 aromatic rings. The second kappa shape index (κ2) is 8.33. The lowest BCUT2D eigenvalue weighted by Gasteiger charge is -2.06. The van der Waals surface area contributed by atoms with Crippen molar-refractivity contribution in [2.75, 3.05) is 25.3 Å². The van der Waals surface area contributed by atoms with Crippen molar-refractivity contribution in [2.24, 2.45) is 0 Å². The first-order valence-corrected chi connectivity index (χ1v) is 8.38. The highest BCUT2D eigenvalue weighted by Crippen LogP contribution is 2.32. The van der Waals surface area contributed by atoms with E-state index in [0.717, 1.165) is 24.6 Å². The summed E-state index contributed by atoms with van der Waals surface area (Å²) in [6, 6.07) is 6.15. The molecule has 1 aliphatic heterocycles. The van der Waals surface area contributed by atoms with Crippen molar-refractivity contribution in [2.45, 2.75) is 32.2 Å². The van der Waals surface area contributed by atoms with Gasteiger partial charge in [-0.2, -0.15) is 11.8 Å². The first-order valence-electron chi connectivity index (χ1n) is 6.98. The van der Waals surface area contributed by atoms with Crippen molar-refractivity contribution in [1.29, 1.82) is 0 Å². The molecule has 0 spiro atoms. The minimum absolute atomic E-state index is 0.349. The van der Waals surface area contributed by atoms with Gasteiger partial charge in [0.2, 0.25) is 6.79 Å². The summed E-state index contributed by atoms with van der Waals surface area (Å²) < 4.78 is 10.7. The molecule has 1 aromatic carbocycles. The average Bonchev–Trinajstić information content (AvgIpc) is 2.89. The SMILES string of the molecule is CSCCCCCCNCc1ccc2c(c1)OCO2. The minimum atomic E-state index is 0.349. The number of benzene rings is 1. The normalized spacial score (nSPS) is 12.9. The van der Waals surface area contributed by atoms with Crippen LogP contribution >= 0.6 is 11.8 Å². The van der Waals surface area contributed by atoms with Crippen molar-refractivity contribution in [3.8, 4) is 11.5 Å². The van der Waals surface area contributed by atoms with Crippen molar-refractivity contribution in [1.82, 2.24) is 5.32 Å². The zero-order chi connectivity index (χ0) is 13.3. The number of ether oxygens (including phenoxy) is 2. The molecule has 1 aliphatic rings. The van der Waals surface area contributed by atoms with E-state index in [1.54, 1.807) is 0 Å². The van der Waals surface area contributed by atoms with E-state index in [9.17, 15) is 0 Å². The van der Waals surface area contributed by atoms with Crippen LogP contribution in [-0.2, 0) is 6.54 Å². The molecule has 1 N–H and O–H groups in total. The summed E-state index contributed by atoms with van der Waals surface area (Å²) in [7, 11) is 0. The highest BCUT2D eigenvalue weighted by molar-refractivity contribution is 7.98. The van der Waals surface area contributed by atoms with Crippen LogP contribution in [0, 0.1) is 0 Å². The smallest absolute Gasteiger partial charge is 0.231 e. The molecule has 106 valence electrons. The maximum Gasteiger partial charge on any atom is 0.231 e. The Morgan fingerprint density at radius 2 is 1.95 bits per heavy atom. The van der Waals surface area contributed by atoms with E-state index in [2.05, 4.69) is 23.7 Å². The number of nitrogens with one attached hydrogen (secondary N) is 1. The highest BCUT2D eigenvalue weighted by atomic mass is 32.2. The standard InChI is InChI=1S/C15H23NO2S/c1-19-9-5-3-2-4-8-16-11-13-6-7-14-15(10-13)18-12-17-14/h6-7,10,16H,2-5,8-9,11-12H2,1H3. The largest absolute Gasteiger partial charge is 0.454 e. The van der Waals surface area contributed by atoms with Gasteiger partial charge in [-0.25, -0.2) is 0 Å². The van der Waals surface area contributed by atoms with Gasteiger partial charge in [0.05, 0.1) is 0 Å². The summed E-state index contributed by atoms with van der Waals surface area (Å²) in [5.41, 5.74) is 1.26. The van der Waals surface area contributed by atoms with Gasteiger partial charge in [0.25, 0.3) is 0 Å². The number of hydrogen-bond donors (Lipinski definition) is 1. The first-order chi connectivity index (χ1) is 9.40. The van der Waals surface area contributed by atoms with E-state index < -0.39 is 0 Å². The van der Waals surface area contributed by atoms with Gasteiger partial charge in [0.15, 0.2) is 11.5 Å². The molecular formula is C15H23NO2S. The molecule has 0 fully saturated rings. The van der Waals surface area contributed by atoms with Gasteiger partial charge < -0.3 is 14.8 Å². The zero-order valence-electron chi connectivity index (χ0n) is 11.6. The molecule has 0 bridgehead atoms. The van der Waals surface area contributed by atoms with E-state index in [1.165, 1.54) is 37.0 Å². The molecule has 0 amide bonds. The third-order valence-corrected chi connectivity index (χ3v) is 3.92. The monoisotopic (exact) mass is 281 g/mol. The summed E-state index contributed by atoms with van der Waals surface area (Å²) in [4.78, 5) is 0. The van der Waals surface area contributed by atoms with Crippen molar-refractivity contribution in [3.05, 3.63) is 23.8 Å². The molecule has 2 rings (SSSR count). The lowest BCUT2D eigenvalue weighted by atomic mass is 10.2. The fraction of sp³-hybridized carbons (Fsp3) is 0.600. The Labute approximate surface area is 120 Å². The molecule has 19 heavy (non-hydrogen) atoms. The zero-order valence-corrected chi connectivity index (χ0v) is 12.4. The number of rotatable bonds is 9. The third kappa shape index (κ3) is 4.96. The van der Waals surface area contributed by atoms with Crippen LogP contribution in [0.2, 0.25) is 0 Å². The molecule has 0 aromatic heterocycles. The van der Waals surface area contributed by atoms with Crippen molar-refractivity contribution >= 4 is 11.8 Å². The summed E-state index contributed by atoms with van der Waals surface area (Å²) >= 11 is 1.94. The van der Waals surface area contributed by atoms with E-state index in [4.69, 9.17) is 9.47 Å². The maximum atomic E-state index is 5.37. The molecule has 0 unspecified atom stereocenters. The Balaban J connectivity index is 1.56. The number of unbranched alkanes of at least 4 members (excludes halogenated alkanes) is 3. The summed E-state index contributed by atoms with van der Waals surface area (Å²) in [6.45, 7) is 2.34. The molecule has 3 nitrogen and oxygen atoms in total. The number of thioether (sulfide) groups is 1. The van der Waals surface area contributed by atoms with Gasteiger partial charge in [0.1, 0.15) is 0 Å². The van der Waals surface area contributed by atoms with Gasteiger partial charge in [-0.3, -0.25) is 0 Å². The fourth-order valence-corrected chi connectivity index (χ4v) is 2.63. The van der Waals surface area contributed by atoms with Crippen LogP contribution in [-0.4, -0.2) is 25.3 Å². The van der Waals surface area contributed by atoms with Gasteiger partial charge >= 0.3 is 0 Å². The minimum Gasteiger partial charge on any atom is -0.454 e. The van der Waals surface area contributed by atoms with E-state index in [-0.39, 0.29) is 0 Å². The molecule has 0 saturated carbocycles. The number of fused-ring (bicyclic) bond motifs is 1. The Hall–Kier alpha value is -0.870. The van der Waals surface area contributed by atoms with Crippen LogP contribution in [0.15, 0.2) is 18.2 Å². The van der Waals surface area contributed by atoms with E-state index in [1.807, 2.05) is 17.8 Å². The van der Waals surface area contributed by atoms with Gasteiger partial charge in [-0.15, -0.1) is 0 Å². The maximum absolute atomic E-state index is 5.37. The summed E-state index contributed by atoms with van der Waals surface area (Å²) in [6.07, 6.45) is 7.47.